The fourth-order valence-corrected chi connectivity index (χ4v) is 3.08. The number of hydrogen-bond donors (Lipinski definition) is 1. The first-order valence-corrected chi connectivity index (χ1v) is 7.51. The van der Waals surface area contributed by atoms with Gasteiger partial charge >= 0.3 is 0 Å². The molecule has 3 nitrogen and oxygen atoms in total. The SMILES string of the molecule is CCn1ccnc1CC(O)c1ccc(C(C)(C)C)s1. The lowest BCUT2D eigenvalue weighted by atomic mass is 9.95. The molecule has 0 spiro atoms. The summed E-state index contributed by atoms with van der Waals surface area (Å²) in [6.45, 7) is 9.55. The zero-order chi connectivity index (χ0) is 14.0. The summed E-state index contributed by atoms with van der Waals surface area (Å²) in [5, 5.41) is 10.3. The van der Waals surface area contributed by atoms with E-state index in [4.69, 9.17) is 0 Å². The van der Waals surface area contributed by atoms with Crippen LogP contribution in [0.1, 0.15) is 49.4 Å². The van der Waals surface area contributed by atoms with Gasteiger partial charge in [-0.25, -0.2) is 4.98 Å². The molecule has 0 aliphatic heterocycles. The molecule has 0 radical (unpaired) electrons. The van der Waals surface area contributed by atoms with Gasteiger partial charge in [0.15, 0.2) is 0 Å². The van der Waals surface area contributed by atoms with E-state index in [-0.39, 0.29) is 5.41 Å². The maximum Gasteiger partial charge on any atom is 0.111 e. The minimum absolute atomic E-state index is 0.143. The number of aryl methyl sites for hydroxylation is 1. The number of rotatable bonds is 4. The van der Waals surface area contributed by atoms with Gasteiger partial charge < -0.3 is 9.67 Å². The van der Waals surface area contributed by atoms with Crippen LogP contribution in [0.3, 0.4) is 0 Å². The first kappa shape index (κ1) is 14.3. The standard InChI is InChI=1S/C15H22N2OS/c1-5-17-9-8-16-14(17)10-11(18)12-6-7-13(19-12)15(2,3)4/h6-9,11,18H,5,10H2,1-4H3. The fraction of sp³-hybridized carbons (Fsp3) is 0.533. The molecule has 4 heteroatoms. The van der Waals surface area contributed by atoms with Crippen molar-refractivity contribution in [3.8, 4) is 0 Å². The quantitative estimate of drug-likeness (QED) is 0.929. The molecule has 0 aromatic carbocycles. The van der Waals surface area contributed by atoms with Crippen LogP contribution in [0.2, 0.25) is 0 Å². The van der Waals surface area contributed by atoms with Crippen molar-refractivity contribution in [2.75, 3.05) is 0 Å². The molecule has 1 unspecified atom stereocenters. The fourth-order valence-electron chi connectivity index (χ4n) is 2.03. The number of hydrogen-bond acceptors (Lipinski definition) is 3. The lowest BCUT2D eigenvalue weighted by molar-refractivity contribution is 0.178. The average Bonchev–Trinajstić information content (AvgIpc) is 2.95. The number of aromatic nitrogens is 2. The van der Waals surface area contributed by atoms with Crippen LogP contribution in [0.4, 0.5) is 0 Å². The van der Waals surface area contributed by atoms with E-state index in [2.05, 4.69) is 43.3 Å². The number of thiophene rings is 1. The molecule has 1 atom stereocenters. The van der Waals surface area contributed by atoms with E-state index in [9.17, 15) is 5.11 Å². The Labute approximate surface area is 118 Å². The predicted octanol–water partition coefficient (Wildman–Crippen LogP) is 3.54. The van der Waals surface area contributed by atoms with E-state index in [0.29, 0.717) is 6.42 Å². The number of aliphatic hydroxyl groups is 1. The van der Waals surface area contributed by atoms with Crippen LogP contribution in [-0.4, -0.2) is 14.7 Å². The van der Waals surface area contributed by atoms with Gasteiger partial charge in [0.2, 0.25) is 0 Å². The Morgan fingerprint density at radius 1 is 1.37 bits per heavy atom. The Morgan fingerprint density at radius 3 is 2.68 bits per heavy atom. The molecule has 19 heavy (non-hydrogen) atoms. The van der Waals surface area contributed by atoms with Gasteiger partial charge in [-0.3, -0.25) is 0 Å². The summed E-state index contributed by atoms with van der Waals surface area (Å²) >= 11 is 1.70. The van der Waals surface area contributed by atoms with Crippen molar-refractivity contribution in [2.24, 2.45) is 0 Å². The van der Waals surface area contributed by atoms with Crippen molar-refractivity contribution < 1.29 is 5.11 Å². The molecule has 1 N–H and O–H groups in total. The lowest BCUT2D eigenvalue weighted by Gasteiger charge is -2.15. The molecule has 2 rings (SSSR count). The van der Waals surface area contributed by atoms with Crippen LogP contribution in [0.25, 0.3) is 0 Å². The second kappa shape index (κ2) is 5.47. The van der Waals surface area contributed by atoms with Gasteiger partial charge in [-0.2, -0.15) is 0 Å². The molecular formula is C15H22N2OS. The van der Waals surface area contributed by atoms with Gasteiger partial charge in [0.1, 0.15) is 5.82 Å². The van der Waals surface area contributed by atoms with Gasteiger partial charge in [-0.15, -0.1) is 11.3 Å². The minimum Gasteiger partial charge on any atom is -0.387 e. The van der Waals surface area contributed by atoms with Crippen molar-refractivity contribution in [3.63, 3.8) is 0 Å². The zero-order valence-electron chi connectivity index (χ0n) is 12.1. The molecule has 0 saturated heterocycles. The summed E-state index contributed by atoms with van der Waals surface area (Å²) < 4.78 is 2.07. The number of imidazole rings is 1. The molecule has 2 aromatic rings. The third-order valence-corrected chi connectivity index (χ3v) is 4.82. The van der Waals surface area contributed by atoms with E-state index in [1.165, 1.54) is 4.88 Å². The molecule has 0 fully saturated rings. The van der Waals surface area contributed by atoms with E-state index < -0.39 is 6.10 Å². The Balaban J connectivity index is 2.12. The Kier molecular flexibility index (Phi) is 4.11. The van der Waals surface area contributed by atoms with Crippen molar-refractivity contribution in [1.82, 2.24) is 9.55 Å². The van der Waals surface area contributed by atoms with Crippen LogP contribution in [0.15, 0.2) is 24.5 Å². The van der Waals surface area contributed by atoms with Gasteiger partial charge in [-0.05, 0) is 24.5 Å². The normalized spacial score (nSPS) is 13.7. The third-order valence-electron chi connectivity index (χ3n) is 3.21. The highest BCUT2D eigenvalue weighted by atomic mass is 32.1. The first-order valence-electron chi connectivity index (χ1n) is 6.70. The van der Waals surface area contributed by atoms with E-state index in [1.807, 2.05) is 12.3 Å². The summed E-state index contributed by atoms with van der Waals surface area (Å²) in [5.41, 5.74) is 0.143. The topological polar surface area (TPSA) is 38.0 Å². The Hall–Kier alpha value is -1.13. The van der Waals surface area contributed by atoms with Crippen LogP contribution >= 0.6 is 11.3 Å². The van der Waals surface area contributed by atoms with E-state index >= 15 is 0 Å². The van der Waals surface area contributed by atoms with Crippen LogP contribution in [-0.2, 0) is 18.4 Å². The summed E-state index contributed by atoms with van der Waals surface area (Å²) in [5.74, 6) is 0.945. The third kappa shape index (κ3) is 3.25. The van der Waals surface area contributed by atoms with Crippen LogP contribution in [0.5, 0.6) is 0 Å². The van der Waals surface area contributed by atoms with E-state index in [0.717, 1.165) is 17.2 Å². The maximum absolute atomic E-state index is 10.3. The molecule has 0 saturated carbocycles. The van der Waals surface area contributed by atoms with E-state index in [1.54, 1.807) is 17.5 Å². The van der Waals surface area contributed by atoms with Gasteiger partial charge in [0.25, 0.3) is 0 Å². The highest BCUT2D eigenvalue weighted by Crippen LogP contribution is 2.33. The number of nitrogens with zero attached hydrogens (tertiary/aromatic N) is 2. The van der Waals surface area contributed by atoms with Crippen molar-refractivity contribution in [1.29, 1.82) is 0 Å². The molecule has 2 aromatic heterocycles. The summed E-state index contributed by atoms with van der Waals surface area (Å²) in [4.78, 5) is 6.65. The first-order chi connectivity index (χ1) is 8.91. The summed E-state index contributed by atoms with van der Waals surface area (Å²) in [7, 11) is 0. The van der Waals surface area contributed by atoms with Crippen LogP contribution < -0.4 is 0 Å². The van der Waals surface area contributed by atoms with Crippen molar-refractivity contribution >= 4 is 11.3 Å². The van der Waals surface area contributed by atoms with Crippen molar-refractivity contribution in [2.45, 2.75) is 52.2 Å². The predicted molar refractivity (Wildman–Crippen MR) is 79.6 cm³/mol. The monoisotopic (exact) mass is 278 g/mol. The molecular weight excluding hydrogens is 256 g/mol. The highest BCUT2D eigenvalue weighted by Gasteiger charge is 2.19. The highest BCUT2D eigenvalue weighted by molar-refractivity contribution is 7.12. The van der Waals surface area contributed by atoms with Crippen LogP contribution in [0, 0.1) is 0 Å². The lowest BCUT2D eigenvalue weighted by Crippen LogP contribution is -2.08. The molecule has 0 aliphatic carbocycles. The van der Waals surface area contributed by atoms with Gasteiger partial charge in [0, 0.05) is 35.1 Å². The average molecular weight is 278 g/mol. The van der Waals surface area contributed by atoms with Gasteiger partial charge in [0.05, 0.1) is 6.10 Å². The van der Waals surface area contributed by atoms with Crippen molar-refractivity contribution in [3.05, 3.63) is 40.1 Å². The number of aliphatic hydroxyl groups excluding tert-OH is 1. The molecule has 0 amide bonds. The molecule has 104 valence electrons. The second-order valence-electron chi connectivity index (χ2n) is 5.80. The molecule has 0 aliphatic rings. The smallest absolute Gasteiger partial charge is 0.111 e. The summed E-state index contributed by atoms with van der Waals surface area (Å²) in [6.07, 6.45) is 3.86. The largest absolute Gasteiger partial charge is 0.387 e. The summed E-state index contributed by atoms with van der Waals surface area (Å²) in [6, 6.07) is 4.16. The minimum atomic E-state index is -0.464. The van der Waals surface area contributed by atoms with Gasteiger partial charge in [-0.1, -0.05) is 20.8 Å². The molecule has 2 heterocycles. The maximum atomic E-state index is 10.3. The Bertz CT molecular complexity index is 536. The zero-order valence-corrected chi connectivity index (χ0v) is 12.9. The molecule has 0 bridgehead atoms. The second-order valence-corrected chi connectivity index (χ2v) is 6.92. The Morgan fingerprint density at radius 2 is 2.11 bits per heavy atom.